The molecule has 0 saturated heterocycles. The number of aryl methyl sites for hydroxylation is 1. The fourth-order valence-corrected chi connectivity index (χ4v) is 3.28. The summed E-state index contributed by atoms with van der Waals surface area (Å²) < 4.78 is 5.97. The minimum Gasteiger partial charge on any atom is -0.473 e. The highest BCUT2D eigenvalue weighted by Gasteiger charge is 2.20. The molecule has 156 valence electrons. The summed E-state index contributed by atoms with van der Waals surface area (Å²) in [6.07, 6.45) is 0. The first-order valence-electron chi connectivity index (χ1n) is 10.2. The van der Waals surface area contributed by atoms with Gasteiger partial charge in [0.15, 0.2) is 6.73 Å². The molecule has 0 heterocycles. The number of carbonyl (C=O) groups excluding carboxylic acids is 1. The van der Waals surface area contributed by atoms with E-state index in [-0.39, 0.29) is 18.2 Å². The van der Waals surface area contributed by atoms with E-state index < -0.39 is 0 Å². The summed E-state index contributed by atoms with van der Waals surface area (Å²) >= 11 is 0. The SMILES string of the molecule is Cc1ccc(OCNC(=O)N(Cc2ccccc2)c2ccccc2)c(C(C)(C)C)c1. The monoisotopic (exact) mass is 402 g/mol. The largest absolute Gasteiger partial charge is 0.473 e. The van der Waals surface area contributed by atoms with Crippen molar-refractivity contribution in [2.24, 2.45) is 0 Å². The zero-order valence-corrected chi connectivity index (χ0v) is 18.2. The van der Waals surface area contributed by atoms with E-state index in [0.717, 1.165) is 22.6 Å². The summed E-state index contributed by atoms with van der Waals surface area (Å²) in [5.74, 6) is 0.794. The van der Waals surface area contributed by atoms with Crippen LogP contribution in [-0.4, -0.2) is 12.8 Å². The second-order valence-corrected chi connectivity index (χ2v) is 8.43. The zero-order valence-electron chi connectivity index (χ0n) is 18.2. The number of para-hydroxylation sites is 1. The highest BCUT2D eigenvalue weighted by Crippen LogP contribution is 2.32. The summed E-state index contributed by atoms with van der Waals surface area (Å²) in [5, 5.41) is 2.91. The quantitative estimate of drug-likeness (QED) is 0.510. The van der Waals surface area contributed by atoms with Crippen LogP contribution in [-0.2, 0) is 12.0 Å². The topological polar surface area (TPSA) is 41.6 Å². The number of benzene rings is 3. The van der Waals surface area contributed by atoms with Gasteiger partial charge in [0.25, 0.3) is 0 Å². The normalized spacial score (nSPS) is 11.1. The number of nitrogens with zero attached hydrogens (tertiary/aromatic N) is 1. The second-order valence-electron chi connectivity index (χ2n) is 8.43. The summed E-state index contributed by atoms with van der Waals surface area (Å²) in [4.78, 5) is 14.7. The van der Waals surface area contributed by atoms with Gasteiger partial charge in [-0.1, -0.05) is 87.0 Å². The Morgan fingerprint density at radius 3 is 2.20 bits per heavy atom. The standard InChI is InChI=1S/C26H30N2O2/c1-20-15-16-24(23(17-20)26(2,3)4)30-19-27-25(29)28(22-13-9-6-10-14-22)18-21-11-7-5-8-12-21/h5-17H,18-19H2,1-4H3,(H,27,29). The van der Waals surface area contributed by atoms with Crippen LogP contribution < -0.4 is 15.0 Å². The first kappa shape index (κ1) is 21.4. The smallest absolute Gasteiger partial charge is 0.324 e. The third-order valence-corrected chi connectivity index (χ3v) is 4.89. The van der Waals surface area contributed by atoms with Crippen molar-refractivity contribution in [3.8, 4) is 5.75 Å². The number of hydrogen-bond donors (Lipinski definition) is 1. The van der Waals surface area contributed by atoms with Gasteiger partial charge >= 0.3 is 6.03 Å². The molecule has 4 heteroatoms. The van der Waals surface area contributed by atoms with Crippen LogP contribution in [0.25, 0.3) is 0 Å². The number of carbonyl (C=O) groups is 1. The highest BCUT2D eigenvalue weighted by molar-refractivity contribution is 5.91. The molecule has 0 unspecified atom stereocenters. The molecule has 0 aliphatic heterocycles. The van der Waals surface area contributed by atoms with E-state index in [0.29, 0.717) is 6.54 Å². The Bertz CT molecular complexity index is 963. The van der Waals surface area contributed by atoms with E-state index in [4.69, 9.17) is 4.74 Å². The van der Waals surface area contributed by atoms with E-state index in [2.05, 4.69) is 39.1 Å². The Hall–Kier alpha value is -3.27. The molecule has 1 N–H and O–H groups in total. The number of anilines is 1. The molecule has 0 radical (unpaired) electrons. The lowest BCUT2D eigenvalue weighted by Crippen LogP contribution is -2.41. The van der Waals surface area contributed by atoms with E-state index >= 15 is 0 Å². The first-order valence-corrected chi connectivity index (χ1v) is 10.2. The van der Waals surface area contributed by atoms with Gasteiger partial charge in [-0.15, -0.1) is 0 Å². The fraction of sp³-hybridized carbons (Fsp3) is 0.269. The second kappa shape index (κ2) is 9.49. The van der Waals surface area contributed by atoms with Crippen LogP contribution in [0.5, 0.6) is 5.75 Å². The number of nitrogens with one attached hydrogen (secondary N) is 1. The van der Waals surface area contributed by atoms with Crippen molar-refractivity contribution >= 4 is 11.7 Å². The van der Waals surface area contributed by atoms with Crippen molar-refractivity contribution in [3.05, 3.63) is 95.6 Å². The lowest BCUT2D eigenvalue weighted by atomic mass is 9.85. The van der Waals surface area contributed by atoms with Gasteiger partial charge in [-0.05, 0) is 41.7 Å². The molecule has 0 aliphatic rings. The number of amides is 2. The van der Waals surface area contributed by atoms with Crippen LogP contribution in [0, 0.1) is 6.92 Å². The van der Waals surface area contributed by atoms with Crippen molar-refractivity contribution in [1.82, 2.24) is 5.32 Å². The summed E-state index contributed by atoms with van der Waals surface area (Å²) in [5.41, 5.74) is 4.17. The van der Waals surface area contributed by atoms with Gasteiger partial charge in [0.2, 0.25) is 0 Å². The third-order valence-electron chi connectivity index (χ3n) is 4.89. The van der Waals surface area contributed by atoms with Gasteiger partial charge in [0.1, 0.15) is 5.75 Å². The molecule has 0 spiro atoms. The molecule has 0 aliphatic carbocycles. The minimum absolute atomic E-state index is 0.0469. The predicted molar refractivity (Wildman–Crippen MR) is 123 cm³/mol. The first-order chi connectivity index (χ1) is 14.3. The molecule has 0 fully saturated rings. The van der Waals surface area contributed by atoms with Crippen molar-refractivity contribution in [2.75, 3.05) is 11.6 Å². The third kappa shape index (κ3) is 5.63. The Morgan fingerprint density at radius 2 is 1.57 bits per heavy atom. The Balaban J connectivity index is 1.71. The molecule has 0 atom stereocenters. The van der Waals surface area contributed by atoms with Crippen LogP contribution in [0.3, 0.4) is 0 Å². The van der Waals surface area contributed by atoms with Crippen LogP contribution in [0.15, 0.2) is 78.9 Å². The molecule has 0 bridgehead atoms. The van der Waals surface area contributed by atoms with Crippen molar-refractivity contribution < 1.29 is 9.53 Å². The van der Waals surface area contributed by atoms with Crippen LogP contribution >= 0.6 is 0 Å². The Labute approximate surface area is 179 Å². The number of urea groups is 1. The molecule has 0 aromatic heterocycles. The average Bonchev–Trinajstić information content (AvgIpc) is 2.73. The predicted octanol–water partition coefficient (Wildman–Crippen LogP) is 6.05. The zero-order chi connectivity index (χ0) is 21.6. The molecule has 3 aromatic rings. The maximum Gasteiger partial charge on any atom is 0.324 e. The number of ether oxygens (including phenoxy) is 1. The lowest BCUT2D eigenvalue weighted by molar-refractivity contribution is 0.228. The molecular formula is C26H30N2O2. The number of rotatable bonds is 6. The maximum atomic E-state index is 13.0. The van der Waals surface area contributed by atoms with E-state index in [1.165, 1.54) is 5.56 Å². The van der Waals surface area contributed by atoms with Gasteiger partial charge in [-0.25, -0.2) is 4.79 Å². The molecule has 3 rings (SSSR count). The molecular weight excluding hydrogens is 372 g/mol. The van der Waals surface area contributed by atoms with Gasteiger partial charge < -0.3 is 10.1 Å². The summed E-state index contributed by atoms with van der Waals surface area (Å²) in [6.45, 7) is 9.12. The number of hydrogen-bond acceptors (Lipinski definition) is 2. The fourth-order valence-electron chi connectivity index (χ4n) is 3.28. The van der Waals surface area contributed by atoms with Crippen LogP contribution in [0.1, 0.15) is 37.5 Å². The van der Waals surface area contributed by atoms with Crippen molar-refractivity contribution in [3.63, 3.8) is 0 Å². The molecule has 3 aromatic carbocycles. The molecule has 30 heavy (non-hydrogen) atoms. The summed E-state index contributed by atoms with van der Waals surface area (Å²) in [6, 6.07) is 25.6. The molecule has 2 amide bonds. The Kier molecular flexibility index (Phi) is 6.78. The average molecular weight is 403 g/mol. The van der Waals surface area contributed by atoms with Crippen LogP contribution in [0.2, 0.25) is 0 Å². The van der Waals surface area contributed by atoms with Crippen molar-refractivity contribution in [1.29, 1.82) is 0 Å². The van der Waals surface area contributed by atoms with Crippen molar-refractivity contribution in [2.45, 2.75) is 39.7 Å². The van der Waals surface area contributed by atoms with Gasteiger partial charge in [0.05, 0.1) is 6.54 Å². The van der Waals surface area contributed by atoms with E-state index in [1.54, 1.807) is 4.90 Å². The van der Waals surface area contributed by atoms with Gasteiger partial charge in [0, 0.05) is 5.69 Å². The Morgan fingerprint density at radius 1 is 0.933 bits per heavy atom. The maximum absolute atomic E-state index is 13.0. The lowest BCUT2D eigenvalue weighted by Gasteiger charge is -2.25. The van der Waals surface area contributed by atoms with E-state index in [9.17, 15) is 4.79 Å². The molecule has 4 nitrogen and oxygen atoms in total. The summed E-state index contributed by atoms with van der Waals surface area (Å²) in [7, 11) is 0. The van der Waals surface area contributed by atoms with Gasteiger partial charge in [-0.2, -0.15) is 0 Å². The van der Waals surface area contributed by atoms with Gasteiger partial charge in [-0.3, -0.25) is 4.90 Å². The molecule has 0 saturated carbocycles. The minimum atomic E-state index is -0.200. The highest BCUT2D eigenvalue weighted by atomic mass is 16.5. The van der Waals surface area contributed by atoms with E-state index in [1.807, 2.05) is 72.8 Å². The van der Waals surface area contributed by atoms with Crippen LogP contribution in [0.4, 0.5) is 10.5 Å².